The van der Waals surface area contributed by atoms with Crippen LogP contribution >= 0.6 is 0 Å². The molecule has 1 rings (SSSR count). The van der Waals surface area contributed by atoms with Crippen LogP contribution in [0.2, 0.25) is 0 Å². The van der Waals surface area contributed by atoms with Crippen LogP contribution in [0, 0.1) is 0 Å². The summed E-state index contributed by atoms with van der Waals surface area (Å²) in [6, 6.07) is 8.92. The normalized spacial score (nSPS) is 10.6. The molecule has 1 aromatic carbocycles. The molecule has 0 aliphatic heterocycles. The number of hydrogen-bond acceptors (Lipinski definition) is 1. The summed E-state index contributed by atoms with van der Waals surface area (Å²) in [5, 5.41) is 0. The SMILES string of the molecule is CCCCc1cccc(CCCCC(=O)CC)c1. The zero-order valence-electron chi connectivity index (χ0n) is 11.9. The first-order valence-corrected chi connectivity index (χ1v) is 7.35. The second-order valence-corrected chi connectivity index (χ2v) is 5.02. The maximum atomic E-state index is 11.2. The summed E-state index contributed by atoms with van der Waals surface area (Å²) < 4.78 is 0. The van der Waals surface area contributed by atoms with E-state index in [0.29, 0.717) is 12.2 Å². The van der Waals surface area contributed by atoms with Crippen LogP contribution in [-0.4, -0.2) is 5.78 Å². The topological polar surface area (TPSA) is 17.1 Å². The molecule has 0 amide bonds. The van der Waals surface area contributed by atoms with E-state index in [0.717, 1.165) is 25.7 Å². The van der Waals surface area contributed by atoms with Gasteiger partial charge in [0.15, 0.2) is 0 Å². The Balaban J connectivity index is 2.31. The van der Waals surface area contributed by atoms with Gasteiger partial charge in [0.1, 0.15) is 5.78 Å². The summed E-state index contributed by atoms with van der Waals surface area (Å²) >= 11 is 0. The van der Waals surface area contributed by atoms with Gasteiger partial charge >= 0.3 is 0 Å². The zero-order chi connectivity index (χ0) is 13.2. The van der Waals surface area contributed by atoms with Crippen LogP contribution in [0.25, 0.3) is 0 Å². The van der Waals surface area contributed by atoms with Crippen molar-refractivity contribution in [3.05, 3.63) is 35.4 Å². The van der Waals surface area contributed by atoms with Crippen LogP contribution in [-0.2, 0) is 17.6 Å². The molecule has 0 radical (unpaired) electrons. The molecule has 0 unspecified atom stereocenters. The van der Waals surface area contributed by atoms with Gasteiger partial charge in [-0.25, -0.2) is 0 Å². The van der Waals surface area contributed by atoms with E-state index >= 15 is 0 Å². The minimum Gasteiger partial charge on any atom is -0.300 e. The second-order valence-electron chi connectivity index (χ2n) is 5.02. The molecule has 0 spiro atoms. The molecule has 0 aliphatic rings. The molecule has 100 valence electrons. The number of carbonyl (C=O) groups excluding carboxylic acids is 1. The van der Waals surface area contributed by atoms with Crippen LogP contribution in [0.4, 0.5) is 0 Å². The summed E-state index contributed by atoms with van der Waals surface area (Å²) in [7, 11) is 0. The monoisotopic (exact) mass is 246 g/mol. The Labute approximate surface area is 112 Å². The molecular weight excluding hydrogens is 220 g/mol. The fourth-order valence-corrected chi connectivity index (χ4v) is 2.15. The first-order valence-electron chi connectivity index (χ1n) is 7.35. The van der Waals surface area contributed by atoms with Crippen molar-refractivity contribution in [1.29, 1.82) is 0 Å². The zero-order valence-corrected chi connectivity index (χ0v) is 11.9. The smallest absolute Gasteiger partial charge is 0.132 e. The Morgan fingerprint density at radius 1 is 1.00 bits per heavy atom. The van der Waals surface area contributed by atoms with Crippen LogP contribution in [0.1, 0.15) is 63.5 Å². The highest BCUT2D eigenvalue weighted by Gasteiger charge is 2.00. The van der Waals surface area contributed by atoms with Crippen molar-refractivity contribution in [2.45, 2.75) is 65.2 Å². The average Bonchev–Trinajstić information content (AvgIpc) is 2.41. The molecule has 1 nitrogen and oxygen atoms in total. The van der Waals surface area contributed by atoms with Gasteiger partial charge in [-0.2, -0.15) is 0 Å². The largest absolute Gasteiger partial charge is 0.300 e. The second kappa shape index (κ2) is 8.91. The van der Waals surface area contributed by atoms with E-state index in [9.17, 15) is 4.79 Å². The number of carbonyl (C=O) groups is 1. The van der Waals surface area contributed by atoms with Gasteiger partial charge in [-0.1, -0.05) is 44.5 Å². The van der Waals surface area contributed by atoms with E-state index in [1.165, 1.54) is 30.4 Å². The number of aryl methyl sites for hydroxylation is 2. The van der Waals surface area contributed by atoms with Crippen molar-refractivity contribution in [2.24, 2.45) is 0 Å². The van der Waals surface area contributed by atoms with Crippen molar-refractivity contribution in [1.82, 2.24) is 0 Å². The van der Waals surface area contributed by atoms with Gasteiger partial charge in [0.05, 0.1) is 0 Å². The summed E-state index contributed by atoms with van der Waals surface area (Å²) in [6.45, 7) is 4.17. The van der Waals surface area contributed by atoms with Crippen LogP contribution < -0.4 is 0 Å². The lowest BCUT2D eigenvalue weighted by molar-refractivity contribution is -0.118. The molecule has 1 aromatic rings. The number of benzene rings is 1. The van der Waals surface area contributed by atoms with Crippen molar-refractivity contribution < 1.29 is 4.79 Å². The highest BCUT2D eigenvalue weighted by Crippen LogP contribution is 2.12. The summed E-state index contributed by atoms with van der Waals surface area (Å²) in [6.07, 6.45) is 8.43. The summed E-state index contributed by atoms with van der Waals surface area (Å²) in [4.78, 5) is 11.2. The molecule has 0 aliphatic carbocycles. The molecule has 0 atom stereocenters. The van der Waals surface area contributed by atoms with Crippen molar-refractivity contribution >= 4 is 5.78 Å². The third kappa shape index (κ3) is 6.00. The van der Waals surface area contributed by atoms with E-state index in [1.54, 1.807) is 0 Å². The number of Topliss-reactive ketones (excluding diaryl/α,β-unsaturated/α-hetero) is 1. The lowest BCUT2D eigenvalue weighted by Crippen LogP contribution is -1.95. The third-order valence-corrected chi connectivity index (χ3v) is 3.38. The van der Waals surface area contributed by atoms with Gasteiger partial charge in [0.25, 0.3) is 0 Å². The van der Waals surface area contributed by atoms with Gasteiger partial charge in [0.2, 0.25) is 0 Å². The van der Waals surface area contributed by atoms with Crippen LogP contribution in [0.3, 0.4) is 0 Å². The van der Waals surface area contributed by atoms with Crippen LogP contribution in [0.15, 0.2) is 24.3 Å². The lowest BCUT2D eigenvalue weighted by Gasteiger charge is -2.05. The maximum Gasteiger partial charge on any atom is 0.132 e. The van der Waals surface area contributed by atoms with E-state index < -0.39 is 0 Å². The Morgan fingerprint density at radius 2 is 1.67 bits per heavy atom. The molecule has 0 fully saturated rings. The van der Waals surface area contributed by atoms with E-state index in [-0.39, 0.29) is 0 Å². The number of hydrogen-bond donors (Lipinski definition) is 0. The summed E-state index contributed by atoms with van der Waals surface area (Å²) in [5.41, 5.74) is 2.88. The Hall–Kier alpha value is -1.11. The molecule has 0 N–H and O–H groups in total. The summed E-state index contributed by atoms with van der Waals surface area (Å²) in [5.74, 6) is 0.395. The van der Waals surface area contributed by atoms with Gasteiger partial charge < -0.3 is 0 Å². The lowest BCUT2D eigenvalue weighted by atomic mass is 10.0. The molecule has 0 bridgehead atoms. The molecule has 0 heterocycles. The van der Waals surface area contributed by atoms with Crippen molar-refractivity contribution in [3.63, 3.8) is 0 Å². The quantitative estimate of drug-likeness (QED) is 0.576. The molecule has 1 heteroatoms. The van der Waals surface area contributed by atoms with E-state index in [2.05, 4.69) is 31.2 Å². The van der Waals surface area contributed by atoms with Crippen LogP contribution in [0.5, 0.6) is 0 Å². The molecule has 18 heavy (non-hydrogen) atoms. The Bertz CT molecular complexity index is 354. The van der Waals surface area contributed by atoms with Gasteiger partial charge in [-0.05, 0) is 43.2 Å². The number of ketones is 1. The first-order chi connectivity index (χ1) is 8.76. The number of unbranched alkanes of at least 4 members (excludes halogenated alkanes) is 2. The molecule has 0 saturated carbocycles. The average molecular weight is 246 g/mol. The van der Waals surface area contributed by atoms with Crippen molar-refractivity contribution in [2.75, 3.05) is 0 Å². The Kier molecular flexibility index (Phi) is 7.40. The van der Waals surface area contributed by atoms with Gasteiger partial charge in [0, 0.05) is 12.8 Å². The molecule has 0 aromatic heterocycles. The maximum absolute atomic E-state index is 11.2. The molecule has 0 saturated heterocycles. The Morgan fingerprint density at radius 3 is 2.28 bits per heavy atom. The first kappa shape index (κ1) is 14.9. The standard InChI is InChI=1S/C17H26O/c1-3-5-9-15-11-8-12-16(14-15)10-6-7-13-17(18)4-2/h8,11-12,14H,3-7,9-10,13H2,1-2H3. The predicted molar refractivity (Wildman–Crippen MR) is 77.9 cm³/mol. The van der Waals surface area contributed by atoms with Gasteiger partial charge in [-0.3, -0.25) is 4.79 Å². The minimum atomic E-state index is 0.395. The fraction of sp³-hybridized carbons (Fsp3) is 0.588. The fourth-order valence-electron chi connectivity index (χ4n) is 2.15. The van der Waals surface area contributed by atoms with Gasteiger partial charge in [-0.15, -0.1) is 0 Å². The minimum absolute atomic E-state index is 0.395. The molecular formula is C17H26O. The highest BCUT2D eigenvalue weighted by molar-refractivity contribution is 5.77. The highest BCUT2D eigenvalue weighted by atomic mass is 16.1. The number of rotatable bonds is 9. The van der Waals surface area contributed by atoms with E-state index in [4.69, 9.17) is 0 Å². The van der Waals surface area contributed by atoms with Crippen molar-refractivity contribution in [3.8, 4) is 0 Å². The third-order valence-electron chi connectivity index (χ3n) is 3.38. The van der Waals surface area contributed by atoms with E-state index in [1.807, 2.05) is 6.92 Å². The predicted octanol–water partition coefficient (Wildman–Crippen LogP) is 4.72.